The van der Waals surface area contributed by atoms with Crippen molar-refractivity contribution in [2.24, 2.45) is 29.1 Å². The van der Waals surface area contributed by atoms with E-state index in [1.165, 1.54) is 50.7 Å². The Labute approximate surface area is 184 Å². The molecule has 5 heteroatoms. The number of rotatable bonds is 6. The molecule has 1 N–H and O–H groups in total. The summed E-state index contributed by atoms with van der Waals surface area (Å²) < 4.78 is 13.4. The molecule has 4 bridgehead atoms. The molecule has 4 saturated carbocycles. The van der Waals surface area contributed by atoms with Gasteiger partial charge in [0.05, 0.1) is 17.6 Å². The molecule has 0 aliphatic heterocycles. The van der Waals surface area contributed by atoms with Gasteiger partial charge in [-0.2, -0.15) is 0 Å². The molecule has 1 heterocycles. The number of amides is 1. The van der Waals surface area contributed by atoms with Crippen LogP contribution in [0.15, 0.2) is 30.5 Å². The van der Waals surface area contributed by atoms with E-state index >= 15 is 0 Å². The van der Waals surface area contributed by atoms with Gasteiger partial charge in [-0.15, -0.1) is 0 Å². The van der Waals surface area contributed by atoms with Crippen LogP contribution in [0.4, 0.5) is 10.2 Å². The fourth-order valence-corrected chi connectivity index (χ4v) is 6.83. The smallest absolute Gasteiger partial charge is 0.225 e. The third-order valence-electron chi connectivity index (χ3n) is 7.54. The Bertz CT molecular complexity index is 934. The molecule has 164 valence electrons. The van der Waals surface area contributed by atoms with Gasteiger partial charge >= 0.3 is 0 Å². The van der Waals surface area contributed by atoms with E-state index in [4.69, 9.17) is 4.98 Å². The van der Waals surface area contributed by atoms with E-state index in [1.54, 1.807) is 18.3 Å². The zero-order valence-electron chi connectivity index (χ0n) is 18.5. The van der Waals surface area contributed by atoms with Crippen molar-refractivity contribution in [1.29, 1.82) is 0 Å². The van der Waals surface area contributed by atoms with E-state index < -0.39 is 0 Å². The van der Waals surface area contributed by atoms with Crippen molar-refractivity contribution in [2.45, 2.75) is 65.2 Å². The number of nitrogens with one attached hydrogen (secondary N) is 1. The van der Waals surface area contributed by atoms with Crippen LogP contribution in [0.2, 0.25) is 0 Å². The van der Waals surface area contributed by atoms with Gasteiger partial charge in [-0.1, -0.05) is 13.8 Å². The van der Waals surface area contributed by atoms with Gasteiger partial charge in [0.2, 0.25) is 5.91 Å². The molecule has 0 saturated heterocycles. The summed E-state index contributed by atoms with van der Waals surface area (Å²) in [5.41, 5.74) is 2.77. The Kier molecular flexibility index (Phi) is 5.31. The van der Waals surface area contributed by atoms with E-state index in [1.807, 2.05) is 13.8 Å². The average molecular weight is 422 g/mol. The first-order chi connectivity index (χ1) is 14.9. The zero-order valence-corrected chi connectivity index (χ0v) is 18.5. The molecule has 1 aromatic heterocycles. The Morgan fingerprint density at radius 1 is 1.10 bits per heavy atom. The van der Waals surface area contributed by atoms with Crippen molar-refractivity contribution < 1.29 is 9.18 Å². The van der Waals surface area contributed by atoms with Crippen molar-refractivity contribution in [3.63, 3.8) is 0 Å². The Hall–Kier alpha value is -2.30. The molecule has 31 heavy (non-hydrogen) atoms. The van der Waals surface area contributed by atoms with Gasteiger partial charge in [0.15, 0.2) is 5.82 Å². The number of benzene rings is 1. The molecule has 6 rings (SSSR count). The van der Waals surface area contributed by atoms with Crippen LogP contribution in [0.5, 0.6) is 0 Å². The lowest BCUT2D eigenvalue weighted by atomic mass is 9.48. The number of carbonyl (C=O) groups is 1. The molecule has 4 aliphatic rings. The maximum Gasteiger partial charge on any atom is 0.225 e. The van der Waals surface area contributed by atoms with Crippen LogP contribution in [0, 0.1) is 34.9 Å². The molecule has 0 radical (unpaired) electrons. The summed E-state index contributed by atoms with van der Waals surface area (Å²) in [6.45, 7) is 4.08. The van der Waals surface area contributed by atoms with Crippen LogP contribution >= 0.6 is 0 Å². The predicted octanol–water partition coefficient (Wildman–Crippen LogP) is 6.03. The largest absolute Gasteiger partial charge is 0.309 e. The average Bonchev–Trinajstić information content (AvgIpc) is 2.68. The van der Waals surface area contributed by atoms with Gasteiger partial charge < -0.3 is 5.32 Å². The third kappa shape index (κ3) is 4.37. The van der Waals surface area contributed by atoms with E-state index in [0.29, 0.717) is 17.7 Å². The second kappa shape index (κ2) is 7.99. The third-order valence-corrected chi connectivity index (χ3v) is 7.54. The van der Waals surface area contributed by atoms with Gasteiger partial charge in [0.1, 0.15) is 5.82 Å². The first-order valence-corrected chi connectivity index (χ1v) is 11.8. The number of halogens is 1. The summed E-state index contributed by atoms with van der Waals surface area (Å²) in [4.78, 5) is 22.1. The first kappa shape index (κ1) is 20.6. The molecule has 0 spiro atoms. The summed E-state index contributed by atoms with van der Waals surface area (Å²) in [7, 11) is 0. The van der Waals surface area contributed by atoms with E-state index in [-0.39, 0.29) is 17.6 Å². The van der Waals surface area contributed by atoms with Crippen LogP contribution in [-0.2, 0) is 11.2 Å². The highest BCUT2D eigenvalue weighted by Crippen LogP contribution is 2.61. The summed E-state index contributed by atoms with van der Waals surface area (Å²) in [5, 5.41) is 3.04. The second-order valence-corrected chi connectivity index (χ2v) is 10.8. The van der Waals surface area contributed by atoms with E-state index in [2.05, 4.69) is 10.3 Å². The summed E-state index contributed by atoms with van der Waals surface area (Å²) in [6.07, 6.45) is 11.1. The number of carbonyl (C=O) groups excluding carboxylic acids is 1. The maximum absolute atomic E-state index is 13.4. The Morgan fingerprint density at radius 3 is 2.29 bits per heavy atom. The maximum atomic E-state index is 13.4. The van der Waals surface area contributed by atoms with Crippen molar-refractivity contribution in [1.82, 2.24) is 9.97 Å². The molecule has 4 fully saturated rings. The van der Waals surface area contributed by atoms with Crippen molar-refractivity contribution in [3.8, 4) is 11.3 Å². The van der Waals surface area contributed by atoms with Crippen LogP contribution in [-0.4, -0.2) is 15.9 Å². The standard InChI is InChI=1S/C26H32FN3O/c1-16(2)7-24(31)30-25-22(29-23(15-28-25)20-3-5-21(27)6-4-20)14-26-11-17-8-18(12-26)10-19(9-17)13-26/h3-6,15-19H,7-14H2,1-2H3,(H,28,30,31). The minimum atomic E-state index is -0.261. The van der Waals surface area contributed by atoms with Crippen LogP contribution in [0.3, 0.4) is 0 Å². The highest BCUT2D eigenvalue weighted by atomic mass is 19.1. The van der Waals surface area contributed by atoms with Crippen molar-refractivity contribution >= 4 is 11.7 Å². The van der Waals surface area contributed by atoms with Crippen molar-refractivity contribution in [3.05, 3.63) is 42.0 Å². The number of hydrogen-bond donors (Lipinski definition) is 1. The number of nitrogens with zero attached hydrogens (tertiary/aromatic N) is 2. The zero-order chi connectivity index (χ0) is 21.6. The molecule has 4 nitrogen and oxygen atoms in total. The minimum Gasteiger partial charge on any atom is -0.309 e. The fraction of sp³-hybridized carbons (Fsp3) is 0.577. The van der Waals surface area contributed by atoms with Gasteiger partial charge in [-0.25, -0.2) is 14.4 Å². The molecule has 2 aromatic rings. The second-order valence-electron chi connectivity index (χ2n) is 10.8. The van der Waals surface area contributed by atoms with Gasteiger partial charge in [0.25, 0.3) is 0 Å². The highest BCUT2D eigenvalue weighted by molar-refractivity contribution is 5.90. The molecule has 1 amide bonds. The van der Waals surface area contributed by atoms with Gasteiger partial charge in [0, 0.05) is 12.0 Å². The Balaban J connectivity index is 1.47. The quantitative estimate of drug-likeness (QED) is 0.620. The monoisotopic (exact) mass is 421 g/mol. The number of anilines is 1. The van der Waals surface area contributed by atoms with Crippen LogP contribution < -0.4 is 5.32 Å². The number of aromatic nitrogens is 2. The number of hydrogen-bond acceptors (Lipinski definition) is 3. The first-order valence-electron chi connectivity index (χ1n) is 11.8. The lowest BCUT2D eigenvalue weighted by Gasteiger charge is -2.57. The fourth-order valence-electron chi connectivity index (χ4n) is 6.83. The predicted molar refractivity (Wildman–Crippen MR) is 120 cm³/mol. The summed E-state index contributed by atoms with van der Waals surface area (Å²) >= 11 is 0. The van der Waals surface area contributed by atoms with Crippen LogP contribution in [0.25, 0.3) is 11.3 Å². The molecular weight excluding hydrogens is 389 g/mol. The van der Waals surface area contributed by atoms with Gasteiger partial charge in [-0.05, 0) is 98.3 Å². The van der Waals surface area contributed by atoms with Crippen molar-refractivity contribution in [2.75, 3.05) is 5.32 Å². The molecule has 4 aliphatic carbocycles. The molecule has 1 aromatic carbocycles. The van der Waals surface area contributed by atoms with E-state index in [9.17, 15) is 9.18 Å². The lowest BCUT2D eigenvalue weighted by Crippen LogP contribution is -2.47. The molecular formula is C26H32FN3O. The van der Waals surface area contributed by atoms with E-state index in [0.717, 1.165) is 41.1 Å². The molecule has 0 atom stereocenters. The summed E-state index contributed by atoms with van der Waals surface area (Å²) in [5.74, 6) is 3.20. The molecule has 0 unspecified atom stereocenters. The Morgan fingerprint density at radius 2 is 1.71 bits per heavy atom. The topological polar surface area (TPSA) is 54.9 Å². The minimum absolute atomic E-state index is 0.00871. The lowest BCUT2D eigenvalue weighted by molar-refractivity contribution is -0.116. The highest BCUT2D eigenvalue weighted by Gasteiger charge is 2.51. The van der Waals surface area contributed by atoms with Gasteiger partial charge in [-0.3, -0.25) is 4.79 Å². The normalized spacial score (nSPS) is 28.8. The van der Waals surface area contributed by atoms with Crippen LogP contribution in [0.1, 0.15) is 64.5 Å². The summed E-state index contributed by atoms with van der Waals surface area (Å²) in [6, 6.07) is 6.39. The SMILES string of the molecule is CC(C)CC(=O)Nc1ncc(-c2ccc(F)cc2)nc1CC12CC3CC(CC(C3)C1)C2.